The summed E-state index contributed by atoms with van der Waals surface area (Å²) in [4.78, 5) is 19.8. The molecule has 1 aliphatic rings. The average Bonchev–Trinajstić information content (AvgIpc) is 2.74. The third-order valence-electron chi connectivity index (χ3n) is 6.01. The van der Waals surface area contributed by atoms with E-state index in [1.807, 2.05) is 0 Å². The molecule has 33 heavy (non-hydrogen) atoms. The largest absolute Gasteiger partial charge is 0.493 e. The Morgan fingerprint density at radius 2 is 1.97 bits per heavy atom. The maximum atomic E-state index is 14.5. The topological polar surface area (TPSA) is 95.9 Å². The summed E-state index contributed by atoms with van der Waals surface area (Å²) in [6, 6.07) is 4.79. The number of rotatable bonds is 4. The Bertz CT molecular complexity index is 1410. The molecule has 0 radical (unpaired) electrons. The fourth-order valence-corrected chi connectivity index (χ4v) is 5.43. The van der Waals surface area contributed by atoms with Crippen LogP contribution in [0.2, 0.25) is 0 Å². The number of hydrogen-bond donors (Lipinski definition) is 2. The molecule has 0 saturated heterocycles. The lowest BCUT2D eigenvalue weighted by atomic mass is 9.72. The lowest BCUT2D eigenvalue weighted by molar-refractivity contribution is -0.0466. The second-order valence-electron chi connectivity index (χ2n) is 8.27. The van der Waals surface area contributed by atoms with Gasteiger partial charge in [0.05, 0.1) is 27.7 Å². The summed E-state index contributed by atoms with van der Waals surface area (Å²) < 4.78 is 82.2. The highest BCUT2D eigenvalue weighted by Crippen LogP contribution is 2.51. The SMILES string of the molecule is COc1c([C@@H]2CCC(F)(F)C[C@H]2c2cc(=O)c3c(S(C)(=N)=O)nccc3[nH]2)ccc(F)c1F. The Morgan fingerprint density at radius 1 is 1.24 bits per heavy atom. The number of halogens is 4. The van der Waals surface area contributed by atoms with Crippen LogP contribution in [0.5, 0.6) is 5.75 Å². The maximum Gasteiger partial charge on any atom is 0.248 e. The van der Waals surface area contributed by atoms with Gasteiger partial charge in [-0.2, -0.15) is 4.39 Å². The number of H-pyrrole nitrogens is 1. The molecule has 1 saturated carbocycles. The molecule has 176 valence electrons. The van der Waals surface area contributed by atoms with Crippen LogP contribution < -0.4 is 10.2 Å². The molecule has 3 atom stereocenters. The van der Waals surface area contributed by atoms with Crippen LogP contribution in [0.3, 0.4) is 0 Å². The van der Waals surface area contributed by atoms with Gasteiger partial charge in [0.1, 0.15) is 5.03 Å². The van der Waals surface area contributed by atoms with Crippen molar-refractivity contribution >= 4 is 20.6 Å². The number of aromatic nitrogens is 2. The van der Waals surface area contributed by atoms with E-state index in [0.717, 1.165) is 18.4 Å². The summed E-state index contributed by atoms with van der Waals surface area (Å²) in [6.07, 6.45) is 1.28. The highest BCUT2D eigenvalue weighted by atomic mass is 32.2. The first-order valence-corrected chi connectivity index (χ1v) is 12.0. The van der Waals surface area contributed by atoms with Crippen LogP contribution in [0.15, 0.2) is 40.3 Å². The van der Waals surface area contributed by atoms with E-state index in [9.17, 15) is 26.6 Å². The molecule has 1 aromatic carbocycles. The molecule has 0 spiro atoms. The highest BCUT2D eigenvalue weighted by Gasteiger charge is 2.44. The molecular weight excluding hydrogens is 462 g/mol. The normalized spacial score (nSPS) is 22.1. The molecule has 1 unspecified atom stereocenters. The molecule has 6 nitrogen and oxygen atoms in total. The molecule has 1 aliphatic carbocycles. The quantitative estimate of drug-likeness (QED) is 0.515. The van der Waals surface area contributed by atoms with Gasteiger partial charge in [-0.1, -0.05) is 6.07 Å². The number of fused-ring (bicyclic) bond motifs is 1. The minimum atomic E-state index is -3.32. The molecule has 11 heteroatoms. The van der Waals surface area contributed by atoms with E-state index < -0.39 is 57.4 Å². The Kier molecular flexibility index (Phi) is 5.71. The summed E-state index contributed by atoms with van der Waals surface area (Å²) in [6.45, 7) is 0. The number of nitrogens with one attached hydrogen (secondary N) is 2. The summed E-state index contributed by atoms with van der Waals surface area (Å²) in [5.41, 5.74) is -0.00724. The van der Waals surface area contributed by atoms with Crippen LogP contribution in [0.4, 0.5) is 17.6 Å². The number of aromatic amines is 1. The molecule has 2 aromatic heterocycles. The Labute approximate surface area is 187 Å². The van der Waals surface area contributed by atoms with Crippen molar-refractivity contribution in [3.8, 4) is 5.75 Å². The van der Waals surface area contributed by atoms with Crippen molar-refractivity contribution < 1.29 is 26.5 Å². The Hall–Kier alpha value is -2.95. The number of benzene rings is 1. The second-order valence-corrected chi connectivity index (χ2v) is 10.3. The standard InChI is InChI=1S/C22H21F4N3O3S/c1-32-20-12(3-4-14(23)19(20)24)11-5-7-22(25,26)10-13(11)16-9-17(30)18-15(29-16)6-8-28-21(18)33(2,27)31/h3-4,6,8-9,11,13,27H,5,7,10H2,1-2H3,(H,29,30)/t11-,13+,33?/m0/s1. The molecule has 0 amide bonds. The van der Waals surface area contributed by atoms with Gasteiger partial charge in [-0.05, 0) is 24.5 Å². The number of alkyl halides is 2. The van der Waals surface area contributed by atoms with Crippen molar-refractivity contribution in [1.29, 1.82) is 4.78 Å². The first kappa shape index (κ1) is 23.2. The minimum Gasteiger partial charge on any atom is -0.493 e. The van der Waals surface area contributed by atoms with Gasteiger partial charge in [-0.3, -0.25) is 4.79 Å². The minimum absolute atomic E-state index is 0.0454. The fraction of sp³-hybridized carbons (Fsp3) is 0.364. The number of methoxy groups -OCH3 is 1. The van der Waals surface area contributed by atoms with Gasteiger partial charge in [-0.25, -0.2) is 27.1 Å². The van der Waals surface area contributed by atoms with E-state index >= 15 is 0 Å². The van der Waals surface area contributed by atoms with Crippen LogP contribution in [-0.4, -0.2) is 33.5 Å². The van der Waals surface area contributed by atoms with Crippen LogP contribution >= 0.6 is 0 Å². The Balaban J connectivity index is 1.91. The van der Waals surface area contributed by atoms with Crippen LogP contribution in [0.25, 0.3) is 10.9 Å². The second kappa shape index (κ2) is 8.12. The van der Waals surface area contributed by atoms with Gasteiger partial charge < -0.3 is 9.72 Å². The van der Waals surface area contributed by atoms with Crippen molar-refractivity contribution in [2.24, 2.45) is 0 Å². The van der Waals surface area contributed by atoms with Crippen LogP contribution in [-0.2, 0) is 9.73 Å². The zero-order valence-electron chi connectivity index (χ0n) is 17.8. The lowest BCUT2D eigenvalue weighted by Gasteiger charge is -2.37. The van der Waals surface area contributed by atoms with Crippen molar-refractivity contribution in [2.75, 3.05) is 13.4 Å². The van der Waals surface area contributed by atoms with Crippen molar-refractivity contribution in [1.82, 2.24) is 9.97 Å². The van der Waals surface area contributed by atoms with E-state index in [1.54, 1.807) is 0 Å². The van der Waals surface area contributed by atoms with Gasteiger partial charge in [0.2, 0.25) is 11.7 Å². The summed E-state index contributed by atoms with van der Waals surface area (Å²) >= 11 is 0. The van der Waals surface area contributed by atoms with Crippen LogP contribution in [0.1, 0.15) is 42.4 Å². The van der Waals surface area contributed by atoms with Crippen molar-refractivity contribution in [2.45, 2.75) is 42.0 Å². The smallest absolute Gasteiger partial charge is 0.248 e. The predicted molar refractivity (Wildman–Crippen MR) is 115 cm³/mol. The fourth-order valence-electron chi connectivity index (χ4n) is 4.56. The summed E-state index contributed by atoms with van der Waals surface area (Å²) in [5.74, 6) is -7.34. The van der Waals surface area contributed by atoms with Gasteiger partial charge in [0.25, 0.3) is 0 Å². The van der Waals surface area contributed by atoms with Crippen molar-refractivity contribution in [3.63, 3.8) is 0 Å². The predicted octanol–water partition coefficient (Wildman–Crippen LogP) is 4.93. The number of ether oxygens (including phenoxy) is 1. The first-order chi connectivity index (χ1) is 15.4. The number of hydrogen-bond acceptors (Lipinski definition) is 5. The molecular formula is C22H21F4N3O3S. The summed E-state index contributed by atoms with van der Waals surface area (Å²) in [7, 11) is -2.15. The van der Waals surface area contributed by atoms with E-state index in [0.29, 0.717) is 0 Å². The number of pyridine rings is 2. The van der Waals surface area contributed by atoms with Crippen molar-refractivity contribution in [3.05, 3.63) is 63.6 Å². The molecule has 2 heterocycles. The van der Waals surface area contributed by atoms with Gasteiger partial charge >= 0.3 is 0 Å². The van der Waals surface area contributed by atoms with E-state index in [1.165, 1.54) is 25.4 Å². The average molecular weight is 483 g/mol. The molecule has 1 fully saturated rings. The van der Waals surface area contributed by atoms with Gasteiger partial charge in [0.15, 0.2) is 17.0 Å². The van der Waals surface area contributed by atoms with Gasteiger partial charge in [0, 0.05) is 48.5 Å². The van der Waals surface area contributed by atoms with Gasteiger partial charge in [-0.15, -0.1) is 0 Å². The first-order valence-electron chi connectivity index (χ1n) is 10.1. The molecule has 4 rings (SSSR count). The molecule has 3 aromatic rings. The number of nitrogens with zero attached hydrogens (tertiary/aromatic N) is 1. The van der Waals surface area contributed by atoms with E-state index in [2.05, 4.69) is 9.97 Å². The third kappa shape index (κ3) is 4.21. The third-order valence-corrected chi connectivity index (χ3v) is 7.05. The monoisotopic (exact) mass is 483 g/mol. The maximum absolute atomic E-state index is 14.5. The van der Waals surface area contributed by atoms with E-state index in [4.69, 9.17) is 9.52 Å². The summed E-state index contributed by atoms with van der Waals surface area (Å²) in [5, 5.41) is -0.242. The molecule has 0 aliphatic heterocycles. The van der Waals surface area contributed by atoms with E-state index in [-0.39, 0.29) is 39.4 Å². The molecule has 2 N–H and O–H groups in total. The van der Waals surface area contributed by atoms with Crippen LogP contribution in [0, 0.1) is 16.4 Å². The zero-order chi connectivity index (χ0) is 24.1. The molecule has 0 bridgehead atoms. The Morgan fingerprint density at radius 3 is 2.64 bits per heavy atom. The highest BCUT2D eigenvalue weighted by molar-refractivity contribution is 7.91. The zero-order valence-corrected chi connectivity index (χ0v) is 18.6. The lowest BCUT2D eigenvalue weighted by Crippen LogP contribution is -2.31.